The molecule has 2 unspecified atom stereocenters. The van der Waals surface area contributed by atoms with Gasteiger partial charge < -0.3 is 9.84 Å². The fourth-order valence-electron chi connectivity index (χ4n) is 2.84. The van der Waals surface area contributed by atoms with Gasteiger partial charge in [-0.25, -0.2) is 0 Å². The number of likely N-dealkylation sites (N-methyl/N-ethyl adjacent to an activating group) is 1. The van der Waals surface area contributed by atoms with E-state index in [1.807, 2.05) is 18.5 Å². The summed E-state index contributed by atoms with van der Waals surface area (Å²) in [6.45, 7) is 0. The largest absolute Gasteiger partial charge is 0.339 e. The number of hydrogen-bond acceptors (Lipinski definition) is 5. The Hall–Kier alpha value is -1.20. The first-order valence-electron chi connectivity index (χ1n) is 6.92. The van der Waals surface area contributed by atoms with Gasteiger partial charge >= 0.3 is 0 Å². The Morgan fingerprint density at radius 2 is 2.21 bits per heavy atom. The van der Waals surface area contributed by atoms with Crippen molar-refractivity contribution in [3.05, 3.63) is 22.7 Å². The molecule has 0 saturated heterocycles. The summed E-state index contributed by atoms with van der Waals surface area (Å²) in [5.74, 6) is 1.87. The average Bonchev–Trinajstić information content (AvgIpc) is 3.05. The smallest absolute Gasteiger partial charge is 0.231 e. The van der Waals surface area contributed by atoms with Crippen LogP contribution in [0, 0.1) is 0 Å². The summed E-state index contributed by atoms with van der Waals surface area (Å²) < 4.78 is 5.52. The van der Waals surface area contributed by atoms with Crippen molar-refractivity contribution in [2.45, 2.75) is 44.1 Å². The van der Waals surface area contributed by atoms with Crippen LogP contribution in [-0.2, 0) is 0 Å². The molecule has 1 saturated carbocycles. The Bertz CT molecular complexity index is 509. The van der Waals surface area contributed by atoms with E-state index in [0.29, 0.717) is 12.0 Å². The first-order chi connectivity index (χ1) is 9.38. The van der Waals surface area contributed by atoms with Crippen molar-refractivity contribution >= 4 is 11.3 Å². The molecule has 19 heavy (non-hydrogen) atoms. The molecule has 1 aliphatic rings. The van der Waals surface area contributed by atoms with Gasteiger partial charge in [0.2, 0.25) is 11.7 Å². The maximum Gasteiger partial charge on any atom is 0.231 e. The SMILES string of the molecule is CNC1CCCCCC1c1nc(-c2ccsc2)no1. The van der Waals surface area contributed by atoms with Crippen LogP contribution in [0.3, 0.4) is 0 Å². The van der Waals surface area contributed by atoms with Gasteiger partial charge in [-0.15, -0.1) is 0 Å². The fourth-order valence-corrected chi connectivity index (χ4v) is 3.48. The van der Waals surface area contributed by atoms with Crippen LogP contribution in [0.4, 0.5) is 0 Å². The van der Waals surface area contributed by atoms with Crippen LogP contribution in [0.15, 0.2) is 21.3 Å². The summed E-state index contributed by atoms with van der Waals surface area (Å²) in [6, 6.07) is 2.49. The minimum absolute atomic E-state index is 0.354. The standard InChI is InChI=1S/C14H19N3OS/c1-15-12-6-4-2-3-5-11(12)14-16-13(17-18-14)10-7-8-19-9-10/h7-9,11-12,15H,2-6H2,1H3. The van der Waals surface area contributed by atoms with E-state index in [1.165, 1.54) is 25.7 Å². The predicted molar refractivity (Wildman–Crippen MR) is 76.3 cm³/mol. The van der Waals surface area contributed by atoms with E-state index < -0.39 is 0 Å². The third-order valence-electron chi connectivity index (χ3n) is 3.93. The van der Waals surface area contributed by atoms with E-state index in [2.05, 4.69) is 20.8 Å². The molecule has 0 spiro atoms. The summed E-state index contributed by atoms with van der Waals surface area (Å²) >= 11 is 1.65. The molecular formula is C14H19N3OS. The third kappa shape index (κ3) is 2.72. The van der Waals surface area contributed by atoms with Gasteiger partial charge in [-0.2, -0.15) is 16.3 Å². The molecule has 2 atom stereocenters. The molecule has 5 heteroatoms. The van der Waals surface area contributed by atoms with Crippen LogP contribution in [0.5, 0.6) is 0 Å². The van der Waals surface area contributed by atoms with E-state index in [0.717, 1.165) is 23.7 Å². The zero-order chi connectivity index (χ0) is 13.1. The Morgan fingerprint density at radius 3 is 3.00 bits per heavy atom. The quantitative estimate of drug-likeness (QED) is 0.873. The van der Waals surface area contributed by atoms with Crippen LogP contribution >= 0.6 is 11.3 Å². The molecule has 0 amide bonds. The van der Waals surface area contributed by atoms with E-state index in [1.54, 1.807) is 11.3 Å². The summed E-state index contributed by atoms with van der Waals surface area (Å²) in [5, 5.41) is 11.6. The van der Waals surface area contributed by atoms with Crippen molar-refractivity contribution in [1.82, 2.24) is 15.5 Å². The van der Waals surface area contributed by atoms with Crippen LogP contribution < -0.4 is 5.32 Å². The molecule has 1 fully saturated rings. The molecule has 3 rings (SSSR count). The first kappa shape index (κ1) is 12.8. The third-order valence-corrected chi connectivity index (χ3v) is 4.61. The molecule has 2 heterocycles. The first-order valence-corrected chi connectivity index (χ1v) is 7.86. The van der Waals surface area contributed by atoms with Crippen molar-refractivity contribution < 1.29 is 4.52 Å². The van der Waals surface area contributed by atoms with Gasteiger partial charge in [0, 0.05) is 17.0 Å². The van der Waals surface area contributed by atoms with E-state index in [-0.39, 0.29) is 0 Å². The maximum atomic E-state index is 5.52. The number of rotatable bonds is 3. The number of nitrogens with one attached hydrogen (secondary N) is 1. The highest BCUT2D eigenvalue weighted by atomic mass is 32.1. The molecule has 102 valence electrons. The molecule has 4 nitrogen and oxygen atoms in total. The molecule has 0 aromatic carbocycles. The van der Waals surface area contributed by atoms with Gasteiger partial charge in [0.15, 0.2) is 0 Å². The Labute approximate surface area is 117 Å². The maximum absolute atomic E-state index is 5.52. The van der Waals surface area contributed by atoms with Crippen LogP contribution in [0.2, 0.25) is 0 Å². The lowest BCUT2D eigenvalue weighted by molar-refractivity contribution is 0.311. The molecule has 0 radical (unpaired) electrons. The molecule has 0 aliphatic heterocycles. The van der Waals surface area contributed by atoms with E-state index >= 15 is 0 Å². The van der Waals surface area contributed by atoms with Gasteiger partial charge in [-0.3, -0.25) is 0 Å². The second kappa shape index (κ2) is 5.84. The summed E-state index contributed by atoms with van der Waals surface area (Å²) in [5.41, 5.74) is 1.05. The van der Waals surface area contributed by atoms with Gasteiger partial charge in [-0.05, 0) is 31.3 Å². The zero-order valence-electron chi connectivity index (χ0n) is 11.1. The lowest BCUT2D eigenvalue weighted by Gasteiger charge is -2.20. The molecule has 1 aliphatic carbocycles. The highest BCUT2D eigenvalue weighted by Crippen LogP contribution is 2.32. The Morgan fingerprint density at radius 1 is 1.32 bits per heavy atom. The minimum Gasteiger partial charge on any atom is -0.339 e. The Balaban J connectivity index is 1.84. The number of aromatic nitrogens is 2. The van der Waals surface area contributed by atoms with Gasteiger partial charge in [0.1, 0.15) is 0 Å². The molecular weight excluding hydrogens is 258 g/mol. The molecule has 2 aromatic rings. The van der Waals surface area contributed by atoms with Crippen LogP contribution in [0.1, 0.15) is 43.9 Å². The normalized spacial score (nSPS) is 24.3. The van der Waals surface area contributed by atoms with Crippen molar-refractivity contribution in [2.24, 2.45) is 0 Å². The number of thiophene rings is 1. The van der Waals surface area contributed by atoms with Crippen LogP contribution in [-0.4, -0.2) is 23.2 Å². The van der Waals surface area contributed by atoms with Crippen molar-refractivity contribution in [3.8, 4) is 11.4 Å². The lowest BCUT2D eigenvalue weighted by Crippen LogP contribution is -2.31. The number of nitrogens with zero attached hydrogens (tertiary/aromatic N) is 2. The van der Waals surface area contributed by atoms with Crippen molar-refractivity contribution in [1.29, 1.82) is 0 Å². The number of hydrogen-bond donors (Lipinski definition) is 1. The topological polar surface area (TPSA) is 51.0 Å². The van der Waals surface area contributed by atoms with E-state index in [4.69, 9.17) is 4.52 Å². The highest BCUT2D eigenvalue weighted by molar-refractivity contribution is 7.08. The molecule has 1 N–H and O–H groups in total. The van der Waals surface area contributed by atoms with Gasteiger partial charge in [0.25, 0.3) is 0 Å². The summed E-state index contributed by atoms with van der Waals surface area (Å²) in [4.78, 5) is 4.61. The summed E-state index contributed by atoms with van der Waals surface area (Å²) in [6.07, 6.45) is 6.17. The Kier molecular flexibility index (Phi) is 3.94. The lowest BCUT2D eigenvalue weighted by atomic mass is 9.95. The van der Waals surface area contributed by atoms with Crippen LogP contribution in [0.25, 0.3) is 11.4 Å². The highest BCUT2D eigenvalue weighted by Gasteiger charge is 2.28. The second-order valence-electron chi connectivity index (χ2n) is 5.11. The molecule has 0 bridgehead atoms. The van der Waals surface area contributed by atoms with Gasteiger partial charge in [-0.1, -0.05) is 24.4 Å². The van der Waals surface area contributed by atoms with Crippen molar-refractivity contribution in [2.75, 3.05) is 7.05 Å². The fraction of sp³-hybridized carbons (Fsp3) is 0.571. The average molecular weight is 277 g/mol. The molecule has 2 aromatic heterocycles. The summed E-state index contributed by atoms with van der Waals surface area (Å²) in [7, 11) is 2.03. The van der Waals surface area contributed by atoms with Gasteiger partial charge in [0.05, 0.1) is 5.92 Å². The minimum atomic E-state index is 0.354. The predicted octanol–water partition coefficient (Wildman–Crippen LogP) is 3.43. The second-order valence-corrected chi connectivity index (χ2v) is 5.89. The van der Waals surface area contributed by atoms with Crippen molar-refractivity contribution in [3.63, 3.8) is 0 Å². The van der Waals surface area contributed by atoms with E-state index in [9.17, 15) is 0 Å². The monoisotopic (exact) mass is 277 g/mol. The zero-order valence-corrected chi connectivity index (χ0v) is 11.9.